The average Bonchev–Trinajstić information content (AvgIpc) is 2.25. The summed E-state index contributed by atoms with van der Waals surface area (Å²) in [4.78, 5) is 22.0. The summed E-state index contributed by atoms with van der Waals surface area (Å²) in [6.07, 6.45) is 0.0251. The zero-order valence-corrected chi connectivity index (χ0v) is 9.69. The number of hydrazine groups is 1. The van der Waals surface area contributed by atoms with Crippen molar-refractivity contribution >= 4 is 11.9 Å². The molecule has 1 aromatic carbocycles. The number of benzene rings is 1. The molecule has 0 bridgehead atoms. The fourth-order valence-electron chi connectivity index (χ4n) is 1.17. The predicted octanol–water partition coefficient (Wildman–Crippen LogP) is 0.787. The molecule has 0 fully saturated rings. The highest BCUT2D eigenvalue weighted by Crippen LogP contribution is 2.14. The molecule has 0 spiro atoms. The van der Waals surface area contributed by atoms with E-state index >= 15 is 0 Å². The Morgan fingerprint density at radius 3 is 2.59 bits per heavy atom. The zero-order valence-electron chi connectivity index (χ0n) is 9.69. The van der Waals surface area contributed by atoms with Gasteiger partial charge in [0.15, 0.2) is 0 Å². The first-order valence-corrected chi connectivity index (χ1v) is 5.11. The number of urea groups is 1. The van der Waals surface area contributed by atoms with Crippen LogP contribution in [0.4, 0.5) is 4.79 Å². The minimum Gasteiger partial charge on any atom is -0.491 e. The van der Waals surface area contributed by atoms with E-state index in [9.17, 15) is 9.59 Å². The van der Waals surface area contributed by atoms with Crippen LogP contribution in [-0.2, 0) is 0 Å². The normalized spacial score (nSPS) is 9.82. The Bertz CT molecular complexity index is 418. The summed E-state index contributed by atoms with van der Waals surface area (Å²) in [6, 6.07) is 5.80. The van der Waals surface area contributed by atoms with E-state index in [-0.39, 0.29) is 6.10 Å². The summed E-state index contributed by atoms with van der Waals surface area (Å²) < 4.78 is 5.44. The number of amides is 3. The second-order valence-electron chi connectivity index (χ2n) is 3.64. The van der Waals surface area contributed by atoms with Gasteiger partial charge in [-0.2, -0.15) is 0 Å². The summed E-state index contributed by atoms with van der Waals surface area (Å²) >= 11 is 0. The lowest BCUT2D eigenvalue weighted by Gasteiger charge is -2.10. The van der Waals surface area contributed by atoms with Gasteiger partial charge in [-0.25, -0.2) is 10.2 Å². The average molecular weight is 237 g/mol. The Morgan fingerprint density at radius 2 is 2.00 bits per heavy atom. The van der Waals surface area contributed by atoms with Gasteiger partial charge < -0.3 is 10.5 Å². The second kappa shape index (κ2) is 5.74. The van der Waals surface area contributed by atoms with E-state index in [1.54, 1.807) is 24.3 Å². The Balaban J connectivity index is 2.70. The lowest BCUT2D eigenvalue weighted by Crippen LogP contribution is -2.44. The summed E-state index contributed by atoms with van der Waals surface area (Å²) in [7, 11) is 0. The molecule has 1 aromatic rings. The van der Waals surface area contributed by atoms with Crippen molar-refractivity contribution in [2.24, 2.45) is 5.73 Å². The molecular weight excluding hydrogens is 222 g/mol. The lowest BCUT2D eigenvalue weighted by molar-refractivity contribution is 0.0936. The molecule has 0 radical (unpaired) electrons. The van der Waals surface area contributed by atoms with Gasteiger partial charge in [-0.05, 0) is 32.0 Å². The van der Waals surface area contributed by atoms with Crippen molar-refractivity contribution in [2.75, 3.05) is 0 Å². The first-order valence-electron chi connectivity index (χ1n) is 5.11. The van der Waals surface area contributed by atoms with Crippen LogP contribution in [0.5, 0.6) is 5.75 Å². The maximum Gasteiger partial charge on any atom is 0.330 e. The number of primary amides is 1. The zero-order chi connectivity index (χ0) is 12.8. The van der Waals surface area contributed by atoms with E-state index in [0.29, 0.717) is 11.3 Å². The molecule has 4 N–H and O–H groups in total. The number of nitrogens with two attached hydrogens (primary N) is 1. The summed E-state index contributed by atoms with van der Waals surface area (Å²) in [5.41, 5.74) is 9.36. The fraction of sp³-hybridized carbons (Fsp3) is 0.273. The highest BCUT2D eigenvalue weighted by molar-refractivity contribution is 5.95. The first kappa shape index (κ1) is 12.8. The highest BCUT2D eigenvalue weighted by atomic mass is 16.5. The molecule has 92 valence electrons. The maximum absolute atomic E-state index is 11.6. The molecule has 0 unspecified atom stereocenters. The molecule has 0 aliphatic heterocycles. The van der Waals surface area contributed by atoms with Crippen LogP contribution in [-0.4, -0.2) is 18.0 Å². The van der Waals surface area contributed by atoms with Crippen LogP contribution < -0.4 is 21.3 Å². The van der Waals surface area contributed by atoms with E-state index < -0.39 is 11.9 Å². The Kier molecular flexibility index (Phi) is 4.33. The van der Waals surface area contributed by atoms with E-state index in [1.165, 1.54) is 0 Å². The number of rotatable bonds is 3. The van der Waals surface area contributed by atoms with Gasteiger partial charge in [0.05, 0.1) is 6.10 Å². The van der Waals surface area contributed by atoms with Gasteiger partial charge in [0.2, 0.25) is 0 Å². The lowest BCUT2D eigenvalue weighted by atomic mass is 10.2. The number of hydrogen-bond donors (Lipinski definition) is 3. The van der Waals surface area contributed by atoms with Gasteiger partial charge in [-0.3, -0.25) is 10.2 Å². The predicted molar refractivity (Wildman–Crippen MR) is 62.4 cm³/mol. The van der Waals surface area contributed by atoms with Gasteiger partial charge in [-0.15, -0.1) is 0 Å². The molecule has 0 saturated carbocycles. The van der Waals surface area contributed by atoms with Crippen molar-refractivity contribution in [3.8, 4) is 5.75 Å². The third kappa shape index (κ3) is 4.42. The van der Waals surface area contributed by atoms with E-state index in [4.69, 9.17) is 10.5 Å². The summed E-state index contributed by atoms with van der Waals surface area (Å²) in [5, 5.41) is 0. The molecule has 0 saturated heterocycles. The Morgan fingerprint density at radius 1 is 1.29 bits per heavy atom. The maximum atomic E-state index is 11.6. The molecule has 17 heavy (non-hydrogen) atoms. The molecule has 1 rings (SSSR count). The number of carbonyl (C=O) groups is 2. The monoisotopic (exact) mass is 237 g/mol. The van der Waals surface area contributed by atoms with Crippen LogP contribution in [0.25, 0.3) is 0 Å². The first-order chi connectivity index (χ1) is 7.99. The smallest absolute Gasteiger partial charge is 0.330 e. The van der Waals surface area contributed by atoms with Crippen LogP contribution in [0.15, 0.2) is 24.3 Å². The number of nitrogens with one attached hydrogen (secondary N) is 2. The standard InChI is InChI=1S/C11H15N3O3/c1-7(2)17-9-5-3-4-8(6-9)10(15)13-14-11(12)16/h3-7H,1-2H3,(H,13,15)(H3,12,14,16). The van der Waals surface area contributed by atoms with Crippen LogP contribution in [0, 0.1) is 0 Å². The van der Waals surface area contributed by atoms with Crippen molar-refractivity contribution < 1.29 is 14.3 Å². The van der Waals surface area contributed by atoms with Gasteiger partial charge in [0.1, 0.15) is 5.75 Å². The third-order valence-electron chi connectivity index (χ3n) is 1.77. The van der Waals surface area contributed by atoms with E-state index in [1.807, 2.05) is 19.3 Å². The SMILES string of the molecule is CC(C)Oc1cccc(C(=O)NNC(N)=O)c1. The molecule has 3 amide bonds. The molecular formula is C11H15N3O3. The Labute approximate surface area is 99.1 Å². The third-order valence-corrected chi connectivity index (χ3v) is 1.77. The fourth-order valence-corrected chi connectivity index (χ4v) is 1.17. The quantitative estimate of drug-likeness (QED) is 0.678. The van der Waals surface area contributed by atoms with Crippen LogP contribution in [0.3, 0.4) is 0 Å². The van der Waals surface area contributed by atoms with Crippen molar-refractivity contribution in [3.63, 3.8) is 0 Å². The molecule has 6 nitrogen and oxygen atoms in total. The van der Waals surface area contributed by atoms with Crippen molar-refractivity contribution in [2.45, 2.75) is 20.0 Å². The molecule has 0 aliphatic carbocycles. The van der Waals surface area contributed by atoms with Crippen molar-refractivity contribution in [1.29, 1.82) is 0 Å². The highest BCUT2D eigenvalue weighted by Gasteiger charge is 2.07. The van der Waals surface area contributed by atoms with Gasteiger partial charge in [0, 0.05) is 5.56 Å². The van der Waals surface area contributed by atoms with Gasteiger partial charge >= 0.3 is 6.03 Å². The van der Waals surface area contributed by atoms with Crippen LogP contribution >= 0.6 is 0 Å². The van der Waals surface area contributed by atoms with Gasteiger partial charge in [-0.1, -0.05) is 6.07 Å². The number of hydrogen-bond acceptors (Lipinski definition) is 3. The van der Waals surface area contributed by atoms with Crippen molar-refractivity contribution in [3.05, 3.63) is 29.8 Å². The van der Waals surface area contributed by atoms with Crippen LogP contribution in [0.2, 0.25) is 0 Å². The second-order valence-corrected chi connectivity index (χ2v) is 3.64. The number of ether oxygens (including phenoxy) is 1. The molecule has 0 atom stereocenters. The van der Waals surface area contributed by atoms with E-state index in [0.717, 1.165) is 0 Å². The minimum absolute atomic E-state index is 0.0251. The molecule has 0 aromatic heterocycles. The minimum atomic E-state index is -0.826. The Hall–Kier alpha value is -2.24. The van der Waals surface area contributed by atoms with Crippen LogP contribution in [0.1, 0.15) is 24.2 Å². The molecule has 6 heteroatoms. The molecule has 0 heterocycles. The number of carbonyl (C=O) groups excluding carboxylic acids is 2. The topological polar surface area (TPSA) is 93.4 Å². The summed E-state index contributed by atoms with van der Waals surface area (Å²) in [5.74, 6) is 0.129. The van der Waals surface area contributed by atoms with E-state index in [2.05, 4.69) is 5.43 Å². The largest absolute Gasteiger partial charge is 0.491 e. The van der Waals surface area contributed by atoms with Crippen molar-refractivity contribution in [1.82, 2.24) is 10.9 Å². The molecule has 0 aliphatic rings. The van der Waals surface area contributed by atoms with Gasteiger partial charge in [0.25, 0.3) is 5.91 Å². The summed E-state index contributed by atoms with van der Waals surface area (Å²) in [6.45, 7) is 3.78.